The molecule has 0 aromatic rings. The highest BCUT2D eigenvalue weighted by Crippen LogP contribution is 2.20. The van der Waals surface area contributed by atoms with Crippen LogP contribution < -0.4 is 5.73 Å². The van der Waals surface area contributed by atoms with Crippen LogP contribution in [-0.2, 0) is 4.79 Å². The van der Waals surface area contributed by atoms with Crippen LogP contribution in [0.25, 0.3) is 0 Å². The molecule has 0 aliphatic rings. The highest BCUT2D eigenvalue weighted by atomic mass is 16.1. The SMILES string of the molecule is C=CC(CC)C(CN)CCC(C)=O. The molecule has 0 bridgehead atoms. The minimum atomic E-state index is 0.248. The molecule has 0 radical (unpaired) electrons. The van der Waals surface area contributed by atoms with Gasteiger partial charge in [0, 0.05) is 6.42 Å². The highest BCUT2D eigenvalue weighted by Gasteiger charge is 2.15. The maximum Gasteiger partial charge on any atom is 0.129 e. The summed E-state index contributed by atoms with van der Waals surface area (Å²) in [6.07, 6.45) is 4.56. The van der Waals surface area contributed by atoms with Crippen LogP contribution in [0.1, 0.15) is 33.1 Å². The summed E-state index contributed by atoms with van der Waals surface area (Å²) in [7, 11) is 0. The summed E-state index contributed by atoms with van der Waals surface area (Å²) in [5, 5.41) is 0. The summed E-state index contributed by atoms with van der Waals surface area (Å²) in [5.41, 5.74) is 5.65. The Morgan fingerprint density at radius 2 is 2.23 bits per heavy atom. The summed E-state index contributed by atoms with van der Waals surface area (Å²) in [5.74, 6) is 1.13. The van der Waals surface area contributed by atoms with Crippen molar-refractivity contribution in [2.24, 2.45) is 17.6 Å². The van der Waals surface area contributed by atoms with E-state index in [1.54, 1.807) is 6.92 Å². The van der Waals surface area contributed by atoms with Crippen LogP contribution in [0.15, 0.2) is 12.7 Å². The van der Waals surface area contributed by atoms with E-state index in [9.17, 15) is 4.79 Å². The predicted octanol–water partition coefficient (Wildman–Crippen LogP) is 2.14. The molecule has 0 spiro atoms. The molecule has 0 aliphatic carbocycles. The van der Waals surface area contributed by atoms with E-state index in [-0.39, 0.29) is 5.78 Å². The second-order valence-corrected chi connectivity index (χ2v) is 3.54. The zero-order valence-electron chi connectivity index (χ0n) is 8.75. The first kappa shape index (κ1) is 12.4. The molecule has 0 rings (SSSR count). The molecule has 0 saturated heterocycles. The summed E-state index contributed by atoms with van der Waals surface area (Å²) < 4.78 is 0. The van der Waals surface area contributed by atoms with Crippen LogP contribution in [0.3, 0.4) is 0 Å². The number of carbonyl (C=O) groups is 1. The standard InChI is InChI=1S/C11H21NO/c1-4-10(5-2)11(8-12)7-6-9(3)13/h4,10-11H,1,5-8,12H2,2-3H3. The molecule has 2 nitrogen and oxygen atoms in total. The van der Waals surface area contributed by atoms with Gasteiger partial charge in [-0.25, -0.2) is 0 Å². The fourth-order valence-corrected chi connectivity index (χ4v) is 1.59. The quantitative estimate of drug-likeness (QED) is 0.614. The normalized spacial score (nSPS) is 15.0. The first-order valence-corrected chi connectivity index (χ1v) is 4.97. The van der Waals surface area contributed by atoms with Crippen LogP contribution in [0, 0.1) is 11.8 Å². The fourth-order valence-electron chi connectivity index (χ4n) is 1.59. The second-order valence-electron chi connectivity index (χ2n) is 3.54. The summed E-state index contributed by atoms with van der Waals surface area (Å²) >= 11 is 0. The Morgan fingerprint density at radius 1 is 1.62 bits per heavy atom. The molecule has 2 N–H and O–H groups in total. The lowest BCUT2D eigenvalue weighted by Crippen LogP contribution is -2.22. The van der Waals surface area contributed by atoms with Crippen molar-refractivity contribution in [1.82, 2.24) is 0 Å². The molecular weight excluding hydrogens is 162 g/mol. The maximum absolute atomic E-state index is 10.8. The monoisotopic (exact) mass is 183 g/mol. The number of hydrogen-bond acceptors (Lipinski definition) is 2. The minimum Gasteiger partial charge on any atom is -0.330 e. The first-order valence-electron chi connectivity index (χ1n) is 4.97. The second kappa shape index (κ2) is 6.84. The Bertz CT molecular complexity index is 165. The van der Waals surface area contributed by atoms with Crippen molar-refractivity contribution in [2.75, 3.05) is 6.54 Å². The number of ketones is 1. The highest BCUT2D eigenvalue weighted by molar-refractivity contribution is 5.75. The van der Waals surface area contributed by atoms with Gasteiger partial charge in [0.25, 0.3) is 0 Å². The van der Waals surface area contributed by atoms with Gasteiger partial charge in [-0.3, -0.25) is 0 Å². The van der Waals surface area contributed by atoms with Crippen molar-refractivity contribution >= 4 is 5.78 Å². The van der Waals surface area contributed by atoms with Crippen molar-refractivity contribution in [3.05, 3.63) is 12.7 Å². The van der Waals surface area contributed by atoms with Gasteiger partial charge in [0.05, 0.1) is 0 Å². The smallest absolute Gasteiger partial charge is 0.129 e. The average molecular weight is 183 g/mol. The van der Waals surface area contributed by atoms with Gasteiger partial charge >= 0.3 is 0 Å². The van der Waals surface area contributed by atoms with Crippen molar-refractivity contribution in [1.29, 1.82) is 0 Å². The number of nitrogens with two attached hydrogens (primary N) is 1. The Kier molecular flexibility index (Phi) is 6.51. The molecule has 0 fully saturated rings. The Hall–Kier alpha value is -0.630. The van der Waals surface area contributed by atoms with Gasteiger partial charge in [-0.1, -0.05) is 13.0 Å². The van der Waals surface area contributed by atoms with E-state index in [4.69, 9.17) is 5.73 Å². The zero-order chi connectivity index (χ0) is 10.3. The number of rotatable bonds is 7. The summed E-state index contributed by atoms with van der Waals surface area (Å²) in [6, 6.07) is 0. The van der Waals surface area contributed by atoms with Gasteiger partial charge in [-0.2, -0.15) is 0 Å². The Balaban J connectivity index is 3.99. The molecule has 2 unspecified atom stereocenters. The first-order chi connectivity index (χ1) is 6.15. The fraction of sp³-hybridized carbons (Fsp3) is 0.727. The lowest BCUT2D eigenvalue weighted by atomic mass is 9.86. The molecule has 0 aliphatic heterocycles. The third-order valence-electron chi connectivity index (χ3n) is 2.55. The van der Waals surface area contributed by atoms with Crippen LogP contribution in [0.5, 0.6) is 0 Å². The average Bonchev–Trinajstić information content (AvgIpc) is 2.11. The maximum atomic E-state index is 10.8. The van der Waals surface area contributed by atoms with Gasteiger partial charge in [0.15, 0.2) is 0 Å². The van der Waals surface area contributed by atoms with E-state index in [2.05, 4.69) is 13.5 Å². The van der Waals surface area contributed by atoms with Gasteiger partial charge in [-0.05, 0) is 38.1 Å². The molecule has 2 heteroatoms. The number of allylic oxidation sites excluding steroid dienone is 1. The molecule has 0 saturated carbocycles. The van der Waals surface area contributed by atoms with Gasteiger partial charge in [0.1, 0.15) is 5.78 Å². The van der Waals surface area contributed by atoms with Gasteiger partial charge < -0.3 is 10.5 Å². The van der Waals surface area contributed by atoms with Crippen molar-refractivity contribution < 1.29 is 4.79 Å². The summed E-state index contributed by atoms with van der Waals surface area (Å²) in [6.45, 7) is 8.19. The van der Waals surface area contributed by atoms with Gasteiger partial charge in [0.2, 0.25) is 0 Å². The third-order valence-corrected chi connectivity index (χ3v) is 2.55. The van der Waals surface area contributed by atoms with Crippen LogP contribution >= 0.6 is 0 Å². The van der Waals surface area contributed by atoms with Crippen molar-refractivity contribution in [3.63, 3.8) is 0 Å². The van der Waals surface area contributed by atoms with Crippen molar-refractivity contribution in [3.8, 4) is 0 Å². The lowest BCUT2D eigenvalue weighted by Gasteiger charge is -2.21. The lowest BCUT2D eigenvalue weighted by molar-refractivity contribution is -0.117. The predicted molar refractivity (Wildman–Crippen MR) is 56.4 cm³/mol. The van der Waals surface area contributed by atoms with E-state index in [0.29, 0.717) is 24.8 Å². The number of Topliss-reactive ketones (excluding diaryl/α,β-unsaturated/α-hetero) is 1. The topological polar surface area (TPSA) is 43.1 Å². The third kappa shape index (κ3) is 4.83. The van der Waals surface area contributed by atoms with E-state index in [1.807, 2.05) is 6.08 Å². The molecule has 76 valence electrons. The number of carbonyl (C=O) groups excluding carboxylic acids is 1. The molecule has 0 amide bonds. The Morgan fingerprint density at radius 3 is 2.54 bits per heavy atom. The van der Waals surface area contributed by atoms with Gasteiger partial charge in [-0.15, -0.1) is 6.58 Å². The molecule has 2 atom stereocenters. The summed E-state index contributed by atoms with van der Waals surface area (Å²) in [4.78, 5) is 10.8. The molecular formula is C11H21NO. The molecule has 0 aromatic carbocycles. The van der Waals surface area contributed by atoms with E-state index in [1.165, 1.54) is 0 Å². The van der Waals surface area contributed by atoms with Crippen molar-refractivity contribution in [2.45, 2.75) is 33.1 Å². The van der Waals surface area contributed by atoms with E-state index in [0.717, 1.165) is 12.8 Å². The van der Waals surface area contributed by atoms with E-state index < -0.39 is 0 Å². The largest absolute Gasteiger partial charge is 0.330 e. The molecule has 13 heavy (non-hydrogen) atoms. The van der Waals surface area contributed by atoms with Crippen LogP contribution in [0.4, 0.5) is 0 Å². The number of hydrogen-bond donors (Lipinski definition) is 1. The molecule has 0 aromatic heterocycles. The molecule has 0 heterocycles. The minimum absolute atomic E-state index is 0.248. The van der Waals surface area contributed by atoms with E-state index >= 15 is 0 Å². The van der Waals surface area contributed by atoms with Crippen LogP contribution in [0.2, 0.25) is 0 Å². The zero-order valence-corrected chi connectivity index (χ0v) is 8.75. The van der Waals surface area contributed by atoms with Crippen LogP contribution in [-0.4, -0.2) is 12.3 Å². The Labute approximate surface area is 81.2 Å².